The number of nitrogens with one attached hydrogen (secondary N) is 1. The summed E-state index contributed by atoms with van der Waals surface area (Å²) in [5.41, 5.74) is 2.18. The van der Waals surface area contributed by atoms with E-state index in [1.165, 1.54) is 33.4 Å². The van der Waals surface area contributed by atoms with Crippen molar-refractivity contribution in [1.82, 2.24) is 9.13 Å². The minimum atomic E-state index is -3.57. The second kappa shape index (κ2) is 8.31. The predicted molar refractivity (Wildman–Crippen MR) is 115 cm³/mol. The molecule has 3 aromatic rings. The predicted octanol–water partition coefficient (Wildman–Crippen LogP) is 2.20. The first kappa shape index (κ1) is 21.6. The minimum absolute atomic E-state index is 0.0874. The molecule has 0 bridgehead atoms. The Labute approximate surface area is 173 Å². The van der Waals surface area contributed by atoms with Gasteiger partial charge in [0, 0.05) is 32.7 Å². The van der Waals surface area contributed by atoms with Crippen LogP contribution in [0.25, 0.3) is 11.0 Å². The van der Waals surface area contributed by atoms with Crippen molar-refractivity contribution in [3.8, 4) is 0 Å². The molecule has 1 amide bonds. The van der Waals surface area contributed by atoms with Crippen LogP contribution in [0.2, 0.25) is 0 Å². The zero-order valence-electron chi connectivity index (χ0n) is 16.9. The van der Waals surface area contributed by atoms with Crippen molar-refractivity contribution in [3.05, 3.63) is 58.8 Å². The molecule has 2 aromatic carbocycles. The van der Waals surface area contributed by atoms with Crippen molar-refractivity contribution in [3.63, 3.8) is 0 Å². The SMILES string of the molecule is Cn1c(=O)n(C)c2cc(NC(=O)CCCN(c3ccc(F)cc3)S(C)(=O)=O)ccc21. The Kier molecular flexibility index (Phi) is 5.97. The Balaban J connectivity index is 1.65. The van der Waals surface area contributed by atoms with E-state index in [9.17, 15) is 22.4 Å². The highest BCUT2D eigenvalue weighted by Gasteiger charge is 2.18. The molecule has 8 nitrogen and oxygen atoms in total. The van der Waals surface area contributed by atoms with E-state index < -0.39 is 15.8 Å². The number of carbonyl (C=O) groups excluding carboxylic acids is 1. The average Bonchev–Trinajstić information content (AvgIpc) is 2.89. The summed E-state index contributed by atoms with van der Waals surface area (Å²) in [6.45, 7) is 0.0874. The van der Waals surface area contributed by atoms with Crippen molar-refractivity contribution >= 4 is 38.3 Å². The Morgan fingerprint density at radius 1 is 1.07 bits per heavy atom. The summed E-state index contributed by atoms with van der Waals surface area (Å²) in [6, 6.07) is 10.3. The minimum Gasteiger partial charge on any atom is -0.326 e. The Bertz CT molecular complexity index is 1250. The number of hydrogen-bond acceptors (Lipinski definition) is 4. The average molecular weight is 434 g/mol. The van der Waals surface area contributed by atoms with Crippen LogP contribution in [0.15, 0.2) is 47.3 Å². The lowest BCUT2D eigenvalue weighted by Crippen LogP contribution is -2.31. The molecule has 0 saturated carbocycles. The summed E-state index contributed by atoms with van der Waals surface area (Å²) in [7, 11) is -0.238. The van der Waals surface area contributed by atoms with Gasteiger partial charge in [-0.25, -0.2) is 17.6 Å². The number of fused-ring (bicyclic) bond motifs is 1. The number of carbonyl (C=O) groups is 1. The smallest absolute Gasteiger partial charge is 0.326 e. The third kappa shape index (κ3) is 4.54. The summed E-state index contributed by atoms with van der Waals surface area (Å²) in [4.78, 5) is 24.3. The Morgan fingerprint density at radius 2 is 1.70 bits per heavy atom. The van der Waals surface area contributed by atoms with Crippen LogP contribution in [0.3, 0.4) is 0 Å². The molecule has 0 atom stereocenters. The second-order valence-electron chi connectivity index (χ2n) is 7.07. The lowest BCUT2D eigenvalue weighted by molar-refractivity contribution is -0.116. The van der Waals surface area contributed by atoms with E-state index in [4.69, 9.17) is 0 Å². The van der Waals surface area contributed by atoms with E-state index in [-0.39, 0.29) is 31.0 Å². The molecule has 3 rings (SSSR count). The molecular formula is C20H23FN4O4S. The van der Waals surface area contributed by atoms with Crippen LogP contribution in [0.1, 0.15) is 12.8 Å². The van der Waals surface area contributed by atoms with Crippen molar-refractivity contribution in [1.29, 1.82) is 0 Å². The van der Waals surface area contributed by atoms with Crippen LogP contribution >= 0.6 is 0 Å². The zero-order chi connectivity index (χ0) is 22.1. The summed E-state index contributed by atoms with van der Waals surface area (Å²) < 4.78 is 41.4. The maximum Gasteiger partial charge on any atom is 0.328 e. The number of aromatic nitrogens is 2. The molecule has 1 heterocycles. The molecule has 160 valence electrons. The van der Waals surface area contributed by atoms with Crippen molar-refractivity contribution in [2.75, 3.05) is 22.4 Å². The normalized spacial score (nSPS) is 11.6. The van der Waals surface area contributed by atoms with Gasteiger partial charge in [0.2, 0.25) is 15.9 Å². The quantitative estimate of drug-likeness (QED) is 0.617. The molecule has 0 aliphatic carbocycles. The highest BCUT2D eigenvalue weighted by atomic mass is 32.2. The maximum atomic E-state index is 13.1. The van der Waals surface area contributed by atoms with Gasteiger partial charge >= 0.3 is 5.69 Å². The van der Waals surface area contributed by atoms with E-state index in [1.54, 1.807) is 32.3 Å². The number of anilines is 2. The first-order valence-corrected chi connectivity index (χ1v) is 11.1. The Morgan fingerprint density at radius 3 is 2.33 bits per heavy atom. The van der Waals surface area contributed by atoms with Crippen LogP contribution in [-0.4, -0.2) is 36.3 Å². The van der Waals surface area contributed by atoms with Crippen LogP contribution in [0.5, 0.6) is 0 Å². The monoisotopic (exact) mass is 434 g/mol. The van der Waals surface area contributed by atoms with Crippen LogP contribution < -0.4 is 15.3 Å². The molecule has 10 heteroatoms. The molecule has 0 fully saturated rings. The zero-order valence-corrected chi connectivity index (χ0v) is 17.7. The molecule has 1 aromatic heterocycles. The van der Waals surface area contributed by atoms with E-state index in [0.717, 1.165) is 16.1 Å². The summed E-state index contributed by atoms with van der Waals surface area (Å²) in [5.74, 6) is -0.734. The topological polar surface area (TPSA) is 93.4 Å². The summed E-state index contributed by atoms with van der Waals surface area (Å²) in [5, 5.41) is 2.77. The molecular weight excluding hydrogens is 411 g/mol. The molecule has 0 radical (unpaired) electrons. The number of nitrogens with zero attached hydrogens (tertiary/aromatic N) is 3. The van der Waals surface area contributed by atoms with Crippen molar-refractivity contribution in [2.45, 2.75) is 12.8 Å². The van der Waals surface area contributed by atoms with Crippen molar-refractivity contribution < 1.29 is 17.6 Å². The van der Waals surface area contributed by atoms with Crippen LogP contribution in [0, 0.1) is 5.82 Å². The number of amides is 1. The van der Waals surface area contributed by atoms with E-state index in [1.807, 2.05) is 0 Å². The van der Waals surface area contributed by atoms with Crippen LogP contribution in [0.4, 0.5) is 15.8 Å². The standard InChI is InChI=1S/C20H23FN4O4S/c1-23-17-11-8-15(13-18(17)24(2)20(23)27)22-19(26)5-4-12-25(30(3,28)29)16-9-6-14(21)7-10-16/h6-11,13H,4-5,12H2,1-3H3,(H,22,26). The van der Waals surface area contributed by atoms with Gasteiger partial charge in [0.25, 0.3) is 0 Å². The maximum absolute atomic E-state index is 13.1. The first-order chi connectivity index (χ1) is 14.1. The van der Waals surface area contributed by atoms with Gasteiger partial charge in [-0.1, -0.05) is 0 Å². The number of sulfonamides is 1. The molecule has 0 aliphatic heterocycles. The van der Waals surface area contributed by atoms with Crippen LogP contribution in [-0.2, 0) is 28.9 Å². The highest BCUT2D eigenvalue weighted by Crippen LogP contribution is 2.20. The number of rotatable bonds is 7. The molecule has 0 aliphatic rings. The fourth-order valence-electron chi connectivity index (χ4n) is 3.29. The molecule has 0 unspecified atom stereocenters. The molecule has 0 saturated heterocycles. The van der Waals surface area contributed by atoms with Crippen molar-refractivity contribution in [2.24, 2.45) is 14.1 Å². The number of imidazole rings is 1. The fraction of sp³-hybridized carbons (Fsp3) is 0.300. The van der Waals surface area contributed by atoms with E-state index in [0.29, 0.717) is 16.9 Å². The number of halogens is 1. The van der Waals surface area contributed by atoms with Gasteiger partial charge in [0.15, 0.2) is 0 Å². The molecule has 30 heavy (non-hydrogen) atoms. The highest BCUT2D eigenvalue weighted by molar-refractivity contribution is 7.92. The van der Waals surface area contributed by atoms with E-state index >= 15 is 0 Å². The van der Waals surface area contributed by atoms with Gasteiger partial charge in [-0.3, -0.25) is 18.2 Å². The van der Waals surface area contributed by atoms with Gasteiger partial charge in [-0.05, 0) is 48.9 Å². The first-order valence-electron chi connectivity index (χ1n) is 9.26. The number of hydrogen-bond donors (Lipinski definition) is 1. The lowest BCUT2D eigenvalue weighted by atomic mass is 10.2. The second-order valence-corrected chi connectivity index (χ2v) is 8.97. The van der Waals surface area contributed by atoms with Gasteiger partial charge in [-0.2, -0.15) is 0 Å². The summed E-state index contributed by atoms with van der Waals surface area (Å²) >= 11 is 0. The summed E-state index contributed by atoms with van der Waals surface area (Å²) in [6.07, 6.45) is 1.44. The van der Waals surface area contributed by atoms with Gasteiger partial charge in [0.1, 0.15) is 5.82 Å². The molecule has 1 N–H and O–H groups in total. The van der Waals surface area contributed by atoms with Gasteiger partial charge < -0.3 is 5.32 Å². The largest absolute Gasteiger partial charge is 0.328 e. The van der Waals surface area contributed by atoms with E-state index in [2.05, 4.69) is 5.32 Å². The Hall–Kier alpha value is -3.14. The van der Waals surface area contributed by atoms with Gasteiger partial charge in [0.05, 0.1) is 23.0 Å². The third-order valence-electron chi connectivity index (χ3n) is 4.84. The number of benzene rings is 2. The third-order valence-corrected chi connectivity index (χ3v) is 6.03. The van der Waals surface area contributed by atoms with Gasteiger partial charge in [-0.15, -0.1) is 0 Å². The fourth-order valence-corrected chi connectivity index (χ4v) is 4.25. The molecule has 0 spiro atoms. The number of aryl methyl sites for hydroxylation is 2. The lowest BCUT2D eigenvalue weighted by Gasteiger charge is -2.22.